The predicted octanol–water partition coefficient (Wildman–Crippen LogP) is 3.47. The minimum absolute atomic E-state index is 0.0591. The van der Waals surface area contributed by atoms with Gasteiger partial charge in [-0.15, -0.1) is 5.10 Å². The third kappa shape index (κ3) is 3.63. The molecule has 0 saturated carbocycles. The Morgan fingerprint density at radius 1 is 1.00 bits per heavy atom. The first-order valence-electron chi connectivity index (χ1n) is 10.5. The minimum atomic E-state index is 0.0591. The highest BCUT2D eigenvalue weighted by Crippen LogP contribution is 2.23. The third-order valence-corrected chi connectivity index (χ3v) is 5.82. The molecule has 5 rings (SSSR count). The molecule has 1 fully saturated rings. The molecule has 156 valence electrons. The molecule has 0 spiro atoms. The lowest BCUT2D eigenvalue weighted by molar-refractivity contribution is 0.0726. The number of hydrogen-bond acceptors (Lipinski definition) is 5. The largest absolute Gasteiger partial charge is 0.365 e. The fraction of sp³-hybridized carbons (Fsp3) is 0.250. The summed E-state index contributed by atoms with van der Waals surface area (Å²) in [6, 6.07) is 20.0. The molecule has 1 amide bonds. The van der Waals surface area contributed by atoms with Crippen molar-refractivity contribution in [2.24, 2.45) is 0 Å². The molecule has 1 aliphatic heterocycles. The van der Waals surface area contributed by atoms with Crippen LogP contribution in [-0.4, -0.2) is 56.5 Å². The van der Waals surface area contributed by atoms with Crippen molar-refractivity contribution >= 4 is 22.8 Å². The van der Waals surface area contributed by atoms with Crippen LogP contribution in [0.15, 0.2) is 66.9 Å². The van der Waals surface area contributed by atoms with Crippen LogP contribution in [-0.2, 0) is 0 Å². The molecule has 0 bridgehead atoms. The second-order valence-corrected chi connectivity index (χ2v) is 8.03. The van der Waals surface area contributed by atoms with Crippen LogP contribution in [0.4, 0.5) is 5.69 Å². The van der Waals surface area contributed by atoms with E-state index in [0.29, 0.717) is 24.3 Å². The summed E-state index contributed by atoms with van der Waals surface area (Å²) in [7, 11) is 0. The standard InChI is InChI=1S/C24H24N6O/c1-17-5-3-6-21(15-17)29-14-13-28(16-18(29)2)24(31)19-8-10-20(11-9-19)30-23-22(26-27-30)7-4-12-25-23/h3-12,15,18H,13-14,16H2,1-2H3/t18-/m1/s1. The zero-order valence-corrected chi connectivity index (χ0v) is 17.6. The van der Waals surface area contributed by atoms with Gasteiger partial charge in [-0.2, -0.15) is 4.68 Å². The van der Waals surface area contributed by atoms with E-state index >= 15 is 0 Å². The van der Waals surface area contributed by atoms with E-state index in [-0.39, 0.29) is 11.9 Å². The van der Waals surface area contributed by atoms with E-state index in [2.05, 4.69) is 58.3 Å². The smallest absolute Gasteiger partial charge is 0.253 e. The zero-order valence-electron chi connectivity index (χ0n) is 17.6. The first kappa shape index (κ1) is 19.2. The molecule has 2 aromatic carbocycles. The Bertz CT molecular complexity index is 1230. The van der Waals surface area contributed by atoms with Gasteiger partial charge in [-0.3, -0.25) is 4.79 Å². The molecule has 0 radical (unpaired) electrons. The Morgan fingerprint density at radius 3 is 2.61 bits per heavy atom. The van der Waals surface area contributed by atoms with Gasteiger partial charge in [0.15, 0.2) is 5.65 Å². The second kappa shape index (κ2) is 7.83. The number of anilines is 1. The van der Waals surface area contributed by atoms with Crippen molar-refractivity contribution in [3.05, 3.63) is 78.0 Å². The van der Waals surface area contributed by atoms with Gasteiger partial charge in [0, 0.05) is 43.1 Å². The van der Waals surface area contributed by atoms with E-state index < -0.39 is 0 Å². The topological polar surface area (TPSA) is 67.2 Å². The van der Waals surface area contributed by atoms with Crippen molar-refractivity contribution in [2.45, 2.75) is 19.9 Å². The summed E-state index contributed by atoms with van der Waals surface area (Å²) >= 11 is 0. The average Bonchev–Trinajstić information content (AvgIpc) is 3.23. The normalized spacial score (nSPS) is 16.6. The van der Waals surface area contributed by atoms with Gasteiger partial charge < -0.3 is 9.80 Å². The number of fused-ring (bicyclic) bond motifs is 1. The summed E-state index contributed by atoms with van der Waals surface area (Å²) in [4.78, 5) is 21.8. The number of nitrogens with zero attached hydrogens (tertiary/aromatic N) is 6. The maximum absolute atomic E-state index is 13.1. The van der Waals surface area contributed by atoms with Crippen LogP contribution in [0.25, 0.3) is 16.9 Å². The number of carbonyl (C=O) groups excluding carboxylic acids is 1. The molecule has 7 nitrogen and oxygen atoms in total. The molecule has 2 aromatic heterocycles. The van der Waals surface area contributed by atoms with Crippen LogP contribution < -0.4 is 4.90 Å². The highest BCUT2D eigenvalue weighted by molar-refractivity contribution is 5.94. The number of aryl methyl sites for hydroxylation is 1. The van der Waals surface area contributed by atoms with Crippen molar-refractivity contribution < 1.29 is 4.79 Å². The summed E-state index contributed by atoms with van der Waals surface area (Å²) in [6.07, 6.45) is 1.72. The molecule has 1 saturated heterocycles. The number of hydrogen-bond donors (Lipinski definition) is 0. The monoisotopic (exact) mass is 412 g/mol. The van der Waals surface area contributed by atoms with Crippen LogP contribution in [0.3, 0.4) is 0 Å². The molecule has 1 atom stereocenters. The number of rotatable bonds is 3. The van der Waals surface area contributed by atoms with Gasteiger partial charge in [0.2, 0.25) is 0 Å². The Hall–Kier alpha value is -3.74. The van der Waals surface area contributed by atoms with E-state index in [1.807, 2.05) is 41.3 Å². The Labute approximate surface area is 180 Å². The van der Waals surface area contributed by atoms with E-state index in [1.54, 1.807) is 10.9 Å². The molecular weight excluding hydrogens is 388 g/mol. The predicted molar refractivity (Wildman–Crippen MR) is 121 cm³/mol. The van der Waals surface area contributed by atoms with Gasteiger partial charge in [0.1, 0.15) is 5.52 Å². The molecule has 0 N–H and O–H groups in total. The molecule has 0 unspecified atom stereocenters. The van der Waals surface area contributed by atoms with Gasteiger partial charge in [0.05, 0.1) is 5.69 Å². The first-order chi connectivity index (χ1) is 15.1. The summed E-state index contributed by atoms with van der Waals surface area (Å²) in [5, 5.41) is 8.33. The van der Waals surface area contributed by atoms with Crippen molar-refractivity contribution in [2.75, 3.05) is 24.5 Å². The summed E-state index contributed by atoms with van der Waals surface area (Å²) in [6.45, 7) is 6.51. The summed E-state index contributed by atoms with van der Waals surface area (Å²) in [5.74, 6) is 0.0591. The van der Waals surface area contributed by atoms with Crippen LogP contribution in [0.2, 0.25) is 0 Å². The fourth-order valence-electron chi connectivity index (χ4n) is 4.20. The Balaban J connectivity index is 1.31. The maximum atomic E-state index is 13.1. The van der Waals surface area contributed by atoms with Gasteiger partial charge in [-0.1, -0.05) is 17.3 Å². The molecule has 3 heterocycles. The third-order valence-electron chi connectivity index (χ3n) is 5.82. The van der Waals surface area contributed by atoms with Gasteiger partial charge in [-0.25, -0.2) is 4.98 Å². The molecule has 1 aliphatic rings. The van der Waals surface area contributed by atoms with Crippen molar-refractivity contribution in [3.63, 3.8) is 0 Å². The van der Waals surface area contributed by atoms with Crippen molar-refractivity contribution in [3.8, 4) is 5.69 Å². The lowest BCUT2D eigenvalue weighted by atomic mass is 10.1. The van der Waals surface area contributed by atoms with Crippen LogP contribution in [0.1, 0.15) is 22.8 Å². The number of piperazine rings is 1. The zero-order chi connectivity index (χ0) is 21.4. The van der Waals surface area contributed by atoms with E-state index in [1.165, 1.54) is 11.3 Å². The Morgan fingerprint density at radius 2 is 1.84 bits per heavy atom. The fourth-order valence-corrected chi connectivity index (χ4v) is 4.20. The molecule has 4 aromatic rings. The van der Waals surface area contributed by atoms with Crippen LogP contribution >= 0.6 is 0 Å². The van der Waals surface area contributed by atoms with Crippen LogP contribution in [0, 0.1) is 6.92 Å². The number of carbonyl (C=O) groups is 1. The number of amides is 1. The van der Waals surface area contributed by atoms with Gasteiger partial charge >= 0.3 is 0 Å². The van der Waals surface area contributed by atoms with Gasteiger partial charge in [0.25, 0.3) is 5.91 Å². The SMILES string of the molecule is Cc1cccc(N2CCN(C(=O)c3ccc(-n4nnc5cccnc54)cc3)C[C@H]2C)c1. The highest BCUT2D eigenvalue weighted by atomic mass is 16.2. The lowest BCUT2D eigenvalue weighted by Gasteiger charge is -2.41. The van der Waals surface area contributed by atoms with Crippen LogP contribution in [0.5, 0.6) is 0 Å². The van der Waals surface area contributed by atoms with Crippen molar-refractivity contribution in [1.82, 2.24) is 24.9 Å². The summed E-state index contributed by atoms with van der Waals surface area (Å²) < 4.78 is 1.69. The number of benzene rings is 2. The quantitative estimate of drug-likeness (QED) is 0.515. The molecule has 0 aliphatic carbocycles. The number of aromatic nitrogens is 4. The second-order valence-electron chi connectivity index (χ2n) is 8.03. The molecular formula is C24H24N6O. The van der Waals surface area contributed by atoms with E-state index in [9.17, 15) is 4.79 Å². The van der Waals surface area contributed by atoms with Crippen molar-refractivity contribution in [1.29, 1.82) is 0 Å². The first-order valence-corrected chi connectivity index (χ1v) is 10.5. The minimum Gasteiger partial charge on any atom is -0.365 e. The van der Waals surface area contributed by atoms with E-state index in [4.69, 9.17) is 0 Å². The average molecular weight is 412 g/mol. The lowest BCUT2D eigenvalue weighted by Crippen LogP contribution is -2.53. The Kier molecular flexibility index (Phi) is 4.86. The summed E-state index contributed by atoms with van der Waals surface area (Å²) in [5.41, 5.74) is 5.41. The molecule has 31 heavy (non-hydrogen) atoms. The molecule has 7 heteroatoms. The highest BCUT2D eigenvalue weighted by Gasteiger charge is 2.27. The van der Waals surface area contributed by atoms with Gasteiger partial charge in [-0.05, 0) is 67.9 Å². The number of pyridine rings is 1. The van der Waals surface area contributed by atoms with E-state index in [0.717, 1.165) is 17.7 Å². The maximum Gasteiger partial charge on any atom is 0.253 e.